The molecular formula is C26H30F2N2O5. The summed E-state index contributed by atoms with van der Waals surface area (Å²) in [5.74, 6) is -7.03. The van der Waals surface area contributed by atoms with Crippen LogP contribution in [0.2, 0.25) is 0 Å². The molecule has 1 aliphatic rings. The number of carboxylic acids is 1. The normalized spacial score (nSPS) is 14.0. The van der Waals surface area contributed by atoms with Crippen LogP contribution in [0.1, 0.15) is 50.7 Å². The highest BCUT2D eigenvalue weighted by atomic mass is 19.3. The van der Waals surface area contributed by atoms with Gasteiger partial charge < -0.3 is 20.5 Å². The average molecular weight is 489 g/mol. The Kier molecular flexibility index (Phi) is 7.77. The predicted octanol–water partition coefficient (Wildman–Crippen LogP) is 4.56. The third kappa shape index (κ3) is 6.77. The number of alkyl carbamates (subject to hydrolysis) is 1. The van der Waals surface area contributed by atoms with Crippen molar-refractivity contribution in [1.29, 1.82) is 0 Å². The number of fused-ring (bicyclic) bond motifs is 3. The molecule has 9 heteroatoms. The third-order valence-corrected chi connectivity index (χ3v) is 5.75. The van der Waals surface area contributed by atoms with Gasteiger partial charge in [-0.1, -0.05) is 69.3 Å². The van der Waals surface area contributed by atoms with Crippen LogP contribution in [0.5, 0.6) is 0 Å². The Balaban J connectivity index is 1.56. The maximum absolute atomic E-state index is 14.4. The van der Waals surface area contributed by atoms with Gasteiger partial charge in [0.25, 0.3) is 5.91 Å². The van der Waals surface area contributed by atoms with Crippen LogP contribution in [0.4, 0.5) is 13.6 Å². The first-order chi connectivity index (χ1) is 16.4. The van der Waals surface area contributed by atoms with Gasteiger partial charge in [0.2, 0.25) is 0 Å². The van der Waals surface area contributed by atoms with Crippen LogP contribution in [0.15, 0.2) is 48.5 Å². The van der Waals surface area contributed by atoms with E-state index in [1.807, 2.05) is 74.6 Å². The molecule has 3 rings (SSSR count). The van der Waals surface area contributed by atoms with Gasteiger partial charge >= 0.3 is 18.0 Å². The molecule has 0 saturated carbocycles. The van der Waals surface area contributed by atoms with Crippen molar-refractivity contribution in [2.24, 2.45) is 5.41 Å². The van der Waals surface area contributed by atoms with Crippen LogP contribution in [-0.2, 0) is 14.3 Å². The monoisotopic (exact) mass is 488 g/mol. The minimum atomic E-state index is -3.94. The Morgan fingerprint density at radius 3 is 2.06 bits per heavy atom. The zero-order valence-corrected chi connectivity index (χ0v) is 19.9. The van der Waals surface area contributed by atoms with Gasteiger partial charge in [0.1, 0.15) is 6.61 Å². The summed E-state index contributed by atoms with van der Waals surface area (Å²) >= 11 is 0. The molecular weight excluding hydrogens is 458 g/mol. The predicted molar refractivity (Wildman–Crippen MR) is 126 cm³/mol. The zero-order valence-electron chi connectivity index (χ0n) is 19.9. The number of carboxylic acid groups (broad SMARTS) is 1. The lowest BCUT2D eigenvalue weighted by atomic mass is 9.87. The van der Waals surface area contributed by atoms with Crippen molar-refractivity contribution in [2.45, 2.75) is 51.5 Å². The number of carbonyl (C=O) groups is 3. The Bertz CT molecular complexity index is 1050. The van der Waals surface area contributed by atoms with E-state index in [0.717, 1.165) is 22.3 Å². The molecule has 0 heterocycles. The van der Waals surface area contributed by atoms with Crippen molar-refractivity contribution in [3.05, 3.63) is 59.7 Å². The number of benzene rings is 2. The fraction of sp³-hybridized carbons (Fsp3) is 0.423. The second-order valence-electron chi connectivity index (χ2n) is 9.92. The summed E-state index contributed by atoms with van der Waals surface area (Å²) in [6.45, 7) is 4.11. The van der Waals surface area contributed by atoms with Crippen molar-refractivity contribution < 1.29 is 33.0 Å². The molecule has 0 radical (unpaired) electrons. The summed E-state index contributed by atoms with van der Waals surface area (Å²) in [5.41, 5.74) is 3.64. The van der Waals surface area contributed by atoms with E-state index in [1.54, 1.807) is 0 Å². The van der Waals surface area contributed by atoms with Gasteiger partial charge in [0.05, 0.1) is 13.0 Å². The largest absolute Gasteiger partial charge is 0.481 e. The van der Waals surface area contributed by atoms with Crippen molar-refractivity contribution >= 4 is 18.0 Å². The molecule has 188 valence electrons. The highest BCUT2D eigenvalue weighted by Crippen LogP contribution is 2.44. The van der Waals surface area contributed by atoms with Gasteiger partial charge in [-0.25, -0.2) is 4.79 Å². The molecule has 2 aromatic carbocycles. The first-order valence-electron chi connectivity index (χ1n) is 11.4. The first-order valence-corrected chi connectivity index (χ1v) is 11.4. The van der Waals surface area contributed by atoms with Crippen molar-refractivity contribution in [1.82, 2.24) is 10.6 Å². The summed E-state index contributed by atoms with van der Waals surface area (Å²) in [6, 6.07) is 14.5. The fourth-order valence-electron chi connectivity index (χ4n) is 4.33. The molecule has 0 spiro atoms. The number of rotatable bonds is 9. The van der Waals surface area contributed by atoms with Crippen LogP contribution in [0.3, 0.4) is 0 Å². The van der Waals surface area contributed by atoms with E-state index in [0.29, 0.717) is 0 Å². The average Bonchev–Trinajstić information content (AvgIpc) is 3.08. The number of aliphatic carboxylic acids is 1. The fourth-order valence-corrected chi connectivity index (χ4v) is 4.33. The lowest BCUT2D eigenvalue weighted by Crippen LogP contribution is -2.52. The molecule has 1 aliphatic carbocycles. The molecule has 2 amide bonds. The molecule has 0 aliphatic heterocycles. The van der Waals surface area contributed by atoms with Crippen molar-refractivity contribution in [3.63, 3.8) is 0 Å². The third-order valence-electron chi connectivity index (χ3n) is 5.75. The van der Waals surface area contributed by atoms with Gasteiger partial charge in [-0.2, -0.15) is 8.78 Å². The number of carbonyl (C=O) groups excluding carboxylic acids is 2. The van der Waals surface area contributed by atoms with Gasteiger partial charge in [0.15, 0.2) is 0 Å². The quantitative estimate of drug-likeness (QED) is 0.480. The standard InChI is InChI=1S/C26H30F2N2O5/c1-25(2,3)13-16(12-22(31)32)30-23(33)26(27,28)15-29-24(34)35-14-21-19-10-6-4-8-17(19)18-9-5-7-11-20(18)21/h4-11,16,21H,12-15H2,1-3H3,(H,29,34)(H,30,33)(H,31,32). The van der Waals surface area contributed by atoms with E-state index < -0.39 is 42.9 Å². The summed E-state index contributed by atoms with van der Waals surface area (Å²) in [6.07, 6.45) is -1.36. The van der Waals surface area contributed by atoms with E-state index >= 15 is 0 Å². The molecule has 7 nitrogen and oxygen atoms in total. The van der Waals surface area contributed by atoms with Crippen molar-refractivity contribution in [2.75, 3.05) is 13.2 Å². The Morgan fingerprint density at radius 1 is 1.00 bits per heavy atom. The SMILES string of the molecule is CC(C)(C)CC(CC(=O)O)NC(=O)C(F)(F)CNC(=O)OCC1c2ccccc2-c2ccccc21. The molecule has 0 fully saturated rings. The highest BCUT2D eigenvalue weighted by Gasteiger charge is 2.41. The Hall–Kier alpha value is -3.49. The molecule has 3 N–H and O–H groups in total. The van der Waals surface area contributed by atoms with Gasteiger partial charge in [0, 0.05) is 12.0 Å². The van der Waals surface area contributed by atoms with E-state index in [9.17, 15) is 23.2 Å². The minimum absolute atomic E-state index is 0.0517. The maximum Gasteiger partial charge on any atom is 0.407 e. The first kappa shape index (κ1) is 26.1. The summed E-state index contributed by atoms with van der Waals surface area (Å²) in [5, 5.41) is 13.1. The van der Waals surface area contributed by atoms with E-state index in [2.05, 4.69) is 5.32 Å². The van der Waals surface area contributed by atoms with Gasteiger partial charge in [-0.15, -0.1) is 0 Å². The van der Waals surface area contributed by atoms with Gasteiger partial charge in [-0.3, -0.25) is 9.59 Å². The zero-order chi connectivity index (χ0) is 25.8. The number of alkyl halides is 2. The Labute approximate surface area is 202 Å². The van der Waals surface area contributed by atoms with Crippen LogP contribution >= 0.6 is 0 Å². The summed E-state index contributed by atoms with van der Waals surface area (Å²) in [4.78, 5) is 35.4. The van der Waals surface area contributed by atoms with Crippen LogP contribution in [0, 0.1) is 5.41 Å². The molecule has 0 aromatic heterocycles. The van der Waals surface area contributed by atoms with E-state index in [-0.39, 0.29) is 24.4 Å². The maximum atomic E-state index is 14.4. The smallest absolute Gasteiger partial charge is 0.407 e. The van der Waals surface area contributed by atoms with E-state index in [4.69, 9.17) is 9.84 Å². The number of halogens is 2. The Morgan fingerprint density at radius 2 is 1.54 bits per heavy atom. The number of ether oxygens (including phenoxy) is 1. The number of hydrogen-bond donors (Lipinski definition) is 3. The number of hydrogen-bond acceptors (Lipinski definition) is 4. The number of amides is 2. The molecule has 0 saturated heterocycles. The lowest BCUT2D eigenvalue weighted by molar-refractivity contribution is -0.146. The van der Waals surface area contributed by atoms with Gasteiger partial charge in [-0.05, 0) is 34.1 Å². The minimum Gasteiger partial charge on any atom is -0.481 e. The molecule has 2 aromatic rings. The summed E-state index contributed by atoms with van der Waals surface area (Å²) < 4.78 is 34.0. The van der Waals surface area contributed by atoms with Crippen LogP contribution < -0.4 is 10.6 Å². The lowest BCUT2D eigenvalue weighted by Gasteiger charge is -2.27. The number of nitrogens with one attached hydrogen (secondary N) is 2. The highest BCUT2D eigenvalue weighted by molar-refractivity contribution is 5.85. The van der Waals surface area contributed by atoms with Crippen molar-refractivity contribution in [3.8, 4) is 11.1 Å². The van der Waals surface area contributed by atoms with Crippen LogP contribution in [0.25, 0.3) is 11.1 Å². The molecule has 0 bridgehead atoms. The topological polar surface area (TPSA) is 105 Å². The second kappa shape index (κ2) is 10.4. The molecule has 35 heavy (non-hydrogen) atoms. The molecule has 1 unspecified atom stereocenters. The summed E-state index contributed by atoms with van der Waals surface area (Å²) in [7, 11) is 0. The molecule has 1 atom stereocenters. The van der Waals surface area contributed by atoms with E-state index in [1.165, 1.54) is 0 Å². The second-order valence-corrected chi connectivity index (χ2v) is 9.92. The van der Waals surface area contributed by atoms with Crippen LogP contribution in [-0.4, -0.2) is 48.2 Å².